The first kappa shape index (κ1) is 19.8. The van der Waals surface area contributed by atoms with E-state index in [1.165, 1.54) is 23.4 Å². The Bertz CT molecular complexity index is 1020. The normalized spacial score (nSPS) is 23.1. The molecule has 1 amide bonds. The number of aromatic nitrogens is 1. The number of nitrogens with one attached hydrogen (secondary N) is 1. The van der Waals surface area contributed by atoms with Gasteiger partial charge < -0.3 is 9.88 Å². The summed E-state index contributed by atoms with van der Waals surface area (Å²) in [4.78, 5) is 12.7. The number of rotatable bonds is 2. The van der Waals surface area contributed by atoms with Gasteiger partial charge in [0.15, 0.2) is 0 Å². The van der Waals surface area contributed by atoms with Crippen molar-refractivity contribution in [3.8, 4) is 0 Å². The molecule has 148 valence electrons. The van der Waals surface area contributed by atoms with Gasteiger partial charge in [0.05, 0.1) is 14.5 Å². The van der Waals surface area contributed by atoms with E-state index in [0.717, 1.165) is 33.6 Å². The fourth-order valence-electron chi connectivity index (χ4n) is 4.70. The minimum Gasteiger partial charge on any atom is -0.356 e. The van der Waals surface area contributed by atoms with Crippen molar-refractivity contribution >= 4 is 43.5 Å². The molecule has 1 fully saturated rings. The molecule has 2 unspecified atom stereocenters. The smallest absolute Gasteiger partial charge is 0.356 e. The van der Waals surface area contributed by atoms with Crippen molar-refractivity contribution in [2.24, 2.45) is 7.05 Å². The molecule has 1 aromatic heterocycles. The summed E-state index contributed by atoms with van der Waals surface area (Å²) in [6.45, 7) is 2.17. The molecule has 1 N–H and O–H groups in total. The Kier molecular flexibility index (Phi) is 4.58. The van der Waals surface area contributed by atoms with Crippen molar-refractivity contribution in [3.05, 3.63) is 61.8 Å². The van der Waals surface area contributed by atoms with Gasteiger partial charge in [-0.05, 0) is 73.4 Å². The minimum absolute atomic E-state index is 0.146. The average Bonchev–Trinajstić information content (AvgIpc) is 3.23. The van der Waals surface area contributed by atoms with Crippen molar-refractivity contribution in [2.75, 3.05) is 5.32 Å². The van der Waals surface area contributed by atoms with Crippen LogP contribution in [0.1, 0.15) is 52.7 Å². The van der Waals surface area contributed by atoms with Crippen molar-refractivity contribution in [1.82, 2.24) is 4.57 Å². The van der Waals surface area contributed by atoms with Crippen LogP contribution in [0.2, 0.25) is 0 Å². The van der Waals surface area contributed by atoms with Gasteiger partial charge in [0.2, 0.25) is 0 Å². The zero-order valence-corrected chi connectivity index (χ0v) is 18.3. The number of nitrogens with zero attached hydrogens (tertiary/aromatic N) is 1. The number of amides is 1. The van der Waals surface area contributed by atoms with Gasteiger partial charge in [-0.1, -0.05) is 19.1 Å². The van der Waals surface area contributed by atoms with E-state index in [1.807, 2.05) is 12.1 Å². The van der Waals surface area contributed by atoms with Crippen LogP contribution in [0.15, 0.2) is 39.6 Å². The molecule has 8 heteroatoms. The van der Waals surface area contributed by atoms with Crippen LogP contribution in [0.4, 0.5) is 18.9 Å². The van der Waals surface area contributed by atoms with Gasteiger partial charge in [0.25, 0.3) is 5.91 Å². The molecule has 0 aliphatic heterocycles. The highest BCUT2D eigenvalue weighted by atomic mass is 79.9. The van der Waals surface area contributed by atoms with Crippen LogP contribution in [-0.2, 0) is 18.6 Å². The van der Waals surface area contributed by atoms with Gasteiger partial charge >= 0.3 is 6.18 Å². The molecule has 2 aliphatic carbocycles. The van der Waals surface area contributed by atoms with Gasteiger partial charge in [-0.2, -0.15) is 13.2 Å². The summed E-state index contributed by atoms with van der Waals surface area (Å²) in [5.74, 6) is -0.513. The van der Waals surface area contributed by atoms with Gasteiger partial charge in [-0.3, -0.25) is 4.79 Å². The highest BCUT2D eigenvalue weighted by Gasteiger charge is 2.51. The summed E-state index contributed by atoms with van der Waals surface area (Å²) in [6.07, 6.45) is -0.678. The Morgan fingerprint density at radius 3 is 2.64 bits per heavy atom. The number of fused-ring (bicyclic) bond motifs is 5. The largest absolute Gasteiger partial charge is 0.418 e. The molecule has 2 aromatic rings. The number of halogens is 5. The van der Waals surface area contributed by atoms with Crippen molar-refractivity contribution in [3.63, 3.8) is 0 Å². The summed E-state index contributed by atoms with van der Waals surface area (Å²) in [5, 5.41) is 2.74. The SMILES string of the molecule is Cn1cc(C(=O)Nc2cccc3c2C2CC(=C(Br)Br)C3(C)C2)c(C(F)(F)F)c1. The topological polar surface area (TPSA) is 34.0 Å². The van der Waals surface area contributed by atoms with Crippen LogP contribution in [0.3, 0.4) is 0 Å². The van der Waals surface area contributed by atoms with Gasteiger partial charge in [-0.25, -0.2) is 0 Å². The summed E-state index contributed by atoms with van der Waals surface area (Å²) in [6, 6.07) is 5.65. The summed E-state index contributed by atoms with van der Waals surface area (Å²) < 4.78 is 42.0. The number of hydrogen-bond donors (Lipinski definition) is 1. The van der Waals surface area contributed by atoms with Crippen molar-refractivity contribution < 1.29 is 18.0 Å². The quantitative estimate of drug-likeness (QED) is 0.488. The number of carbonyl (C=O) groups is 1. The van der Waals surface area contributed by atoms with Crippen molar-refractivity contribution in [2.45, 2.75) is 37.3 Å². The number of alkyl halides is 3. The molecule has 28 heavy (non-hydrogen) atoms. The number of aryl methyl sites for hydroxylation is 1. The number of benzene rings is 1. The predicted octanol–water partition coefficient (Wildman–Crippen LogP) is 6.45. The zero-order valence-electron chi connectivity index (χ0n) is 15.1. The van der Waals surface area contributed by atoms with E-state index in [-0.39, 0.29) is 16.9 Å². The lowest BCUT2D eigenvalue weighted by Crippen LogP contribution is -2.21. The molecule has 1 saturated carbocycles. The maximum absolute atomic E-state index is 13.3. The molecule has 2 atom stereocenters. The Hall–Kier alpha value is -1.54. The lowest BCUT2D eigenvalue weighted by Gasteiger charge is -2.29. The first-order chi connectivity index (χ1) is 13.0. The highest BCUT2D eigenvalue weighted by Crippen LogP contribution is 2.63. The van der Waals surface area contributed by atoms with Crippen LogP contribution in [0.5, 0.6) is 0 Å². The van der Waals surface area contributed by atoms with Crippen LogP contribution in [-0.4, -0.2) is 10.5 Å². The lowest BCUT2D eigenvalue weighted by atomic mass is 9.77. The standard InChI is InChI=1S/C20H17Br2F3N2O/c1-19-7-10(6-13(19)17(21)22)16-12(19)4-3-5-15(16)26-18(28)11-8-27(2)9-14(11)20(23,24)25/h3-5,8-10H,6-7H2,1-2H3,(H,26,28). The summed E-state index contributed by atoms with van der Waals surface area (Å²) >= 11 is 7.05. The Labute approximate surface area is 177 Å². The Morgan fingerprint density at radius 1 is 1.29 bits per heavy atom. The van der Waals surface area contributed by atoms with Crippen LogP contribution >= 0.6 is 31.9 Å². The van der Waals surface area contributed by atoms with Gasteiger partial charge in [0, 0.05) is 30.5 Å². The zero-order chi connectivity index (χ0) is 20.4. The van der Waals surface area contributed by atoms with Crippen molar-refractivity contribution in [1.29, 1.82) is 0 Å². The maximum atomic E-state index is 13.3. The van der Waals surface area contributed by atoms with E-state index in [4.69, 9.17) is 0 Å². The third-order valence-electron chi connectivity index (χ3n) is 5.86. The van der Waals surface area contributed by atoms with Crippen LogP contribution in [0.25, 0.3) is 0 Å². The maximum Gasteiger partial charge on any atom is 0.418 e. The molecule has 1 aromatic carbocycles. The summed E-state index contributed by atoms with van der Waals surface area (Å²) in [5.41, 5.74) is 2.58. The third-order valence-corrected chi connectivity index (χ3v) is 6.82. The Balaban J connectivity index is 1.72. The number of carbonyl (C=O) groups excluding carboxylic acids is 1. The summed E-state index contributed by atoms with van der Waals surface area (Å²) in [7, 11) is 1.47. The number of anilines is 1. The van der Waals surface area contributed by atoms with Gasteiger partial charge in [-0.15, -0.1) is 0 Å². The average molecular weight is 518 g/mol. The first-order valence-corrected chi connectivity index (χ1v) is 10.3. The molecule has 0 spiro atoms. The van der Waals surface area contributed by atoms with Gasteiger partial charge in [0.1, 0.15) is 0 Å². The van der Waals surface area contributed by atoms with Crippen LogP contribution in [0, 0.1) is 0 Å². The predicted molar refractivity (Wildman–Crippen MR) is 109 cm³/mol. The first-order valence-electron chi connectivity index (χ1n) is 8.75. The highest BCUT2D eigenvalue weighted by molar-refractivity contribution is 9.28. The minimum atomic E-state index is -4.58. The molecule has 4 rings (SSSR count). The second-order valence-corrected chi connectivity index (χ2v) is 10.3. The van der Waals surface area contributed by atoms with Crippen LogP contribution < -0.4 is 5.32 Å². The molecular weight excluding hydrogens is 501 g/mol. The lowest BCUT2D eigenvalue weighted by molar-refractivity contribution is -0.137. The fraction of sp³-hybridized carbons (Fsp3) is 0.350. The monoisotopic (exact) mass is 516 g/mol. The molecule has 2 aliphatic rings. The molecule has 2 bridgehead atoms. The third kappa shape index (κ3) is 2.96. The second kappa shape index (κ2) is 6.49. The molecule has 3 nitrogen and oxygen atoms in total. The van der Waals surface area contributed by atoms with E-state index >= 15 is 0 Å². The van der Waals surface area contributed by atoms with E-state index in [2.05, 4.69) is 44.1 Å². The Morgan fingerprint density at radius 2 is 2.00 bits per heavy atom. The molecular formula is C20H17Br2F3N2O. The fourth-order valence-corrected chi connectivity index (χ4v) is 5.90. The number of allylic oxidation sites excluding steroid dienone is 1. The van der Waals surface area contributed by atoms with E-state index < -0.39 is 17.6 Å². The van der Waals surface area contributed by atoms with E-state index in [9.17, 15) is 18.0 Å². The molecule has 0 radical (unpaired) electrons. The van der Waals surface area contributed by atoms with E-state index in [0.29, 0.717) is 5.69 Å². The van der Waals surface area contributed by atoms with E-state index in [1.54, 1.807) is 6.07 Å². The molecule has 1 heterocycles. The second-order valence-electron chi connectivity index (χ2n) is 7.65. The molecule has 0 saturated heterocycles. The number of hydrogen-bond acceptors (Lipinski definition) is 1.